The van der Waals surface area contributed by atoms with Crippen molar-refractivity contribution in [1.82, 2.24) is 4.90 Å². The van der Waals surface area contributed by atoms with Crippen LogP contribution in [0, 0.1) is 23.6 Å². The maximum absolute atomic E-state index is 15.2. The lowest BCUT2D eigenvalue weighted by atomic mass is 9.48. The Labute approximate surface area is 231 Å². The zero-order chi connectivity index (χ0) is 26.9. The first-order chi connectivity index (χ1) is 18.8. The van der Waals surface area contributed by atoms with Gasteiger partial charge in [-0.2, -0.15) is 4.99 Å². The van der Waals surface area contributed by atoms with E-state index in [1.807, 2.05) is 30.3 Å². The van der Waals surface area contributed by atoms with E-state index in [1.54, 1.807) is 11.0 Å². The summed E-state index contributed by atoms with van der Waals surface area (Å²) in [6.07, 6.45) is 9.96. The number of carboxylic acid groups (broad SMARTS) is 1. The standard InChI is InChI=1S/C31H31FN2O4S/c32-24-13-22(12-23(27(24)35)31-14-18-7-19(15-31)9-20(8-18)16-31)21-4-1-3-17(10-21)11-26-28(36)33-30(39-26)34-6-2-5-25(34)29(37)38/h1,3-4,10-13,18-20,25,35H,2,5-9,14-16H2,(H,37,38). The van der Waals surface area contributed by atoms with E-state index in [2.05, 4.69) is 4.99 Å². The molecule has 2 aromatic carbocycles. The lowest BCUT2D eigenvalue weighted by Gasteiger charge is -2.57. The average molecular weight is 547 g/mol. The predicted octanol–water partition coefficient (Wildman–Crippen LogP) is 6.19. The average Bonchev–Trinajstić information content (AvgIpc) is 3.52. The maximum atomic E-state index is 15.2. The Morgan fingerprint density at radius 3 is 2.49 bits per heavy atom. The van der Waals surface area contributed by atoms with Crippen molar-refractivity contribution < 1.29 is 24.2 Å². The predicted molar refractivity (Wildman–Crippen MR) is 149 cm³/mol. The molecule has 1 amide bonds. The van der Waals surface area contributed by atoms with Gasteiger partial charge in [-0.1, -0.05) is 18.2 Å². The minimum atomic E-state index is -0.901. The van der Waals surface area contributed by atoms with E-state index in [4.69, 9.17) is 0 Å². The Balaban J connectivity index is 1.18. The summed E-state index contributed by atoms with van der Waals surface area (Å²) in [6, 6.07) is 10.3. The number of thioether (sulfide) groups is 1. The van der Waals surface area contributed by atoms with E-state index in [1.165, 1.54) is 37.1 Å². The fraction of sp³-hybridized carbons (Fsp3) is 0.452. The summed E-state index contributed by atoms with van der Waals surface area (Å²) in [5, 5.41) is 20.8. The Hall–Kier alpha value is -3.13. The number of benzene rings is 2. The number of phenols is 1. The monoisotopic (exact) mass is 546 g/mol. The van der Waals surface area contributed by atoms with Crippen LogP contribution in [-0.2, 0) is 15.0 Å². The van der Waals surface area contributed by atoms with E-state index in [9.17, 15) is 19.8 Å². The molecule has 202 valence electrons. The number of hydrogen-bond donors (Lipinski definition) is 2. The molecule has 4 bridgehead atoms. The summed E-state index contributed by atoms with van der Waals surface area (Å²) < 4.78 is 15.2. The van der Waals surface area contributed by atoms with Crippen LogP contribution >= 0.6 is 11.8 Å². The van der Waals surface area contributed by atoms with Gasteiger partial charge >= 0.3 is 5.97 Å². The van der Waals surface area contributed by atoms with Gasteiger partial charge in [0.25, 0.3) is 5.91 Å². The molecule has 39 heavy (non-hydrogen) atoms. The third kappa shape index (κ3) is 4.28. The maximum Gasteiger partial charge on any atom is 0.326 e. The molecule has 0 aromatic heterocycles. The van der Waals surface area contributed by atoms with Crippen LogP contribution in [-0.4, -0.2) is 44.7 Å². The number of likely N-dealkylation sites (tertiary alicyclic amines) is 1. The number of aliphatic imine (C=N–C) groups is 1. The quantitative estimate of drug-likeness (QED) is 0.445. The number of nitrogens with zero attached hydrogens (tertiary/aromatic N) is 2. The van der Waals surface area contributed by atoms with Crippen molar-refractivity contribution in [2.75, 3.05) is 6.54 Å². The molecular weight excluding hydrogens is 515 g/mol. The molecule has 4 saturated carbocycles. The van der Waals surface area contributed by atoms with Gasteiger partial charge in [-0.25, -0.2) is 9.18 Å². The van der Waals surface area contributed by atoms with Gasteiger partial charge in [0, 0.05) is 12.1 Å². The molecule has 2 aliphatic heterocycles. The van der Waals surface area contributed by atoms with Gasteiger partial charge in [-0.3, -0.25) is 4.79 Å². The van der Waals surface area contributed by atoms with Gasteiger partial charge in [-0.15, -0.1) is 0 Å². The molecule has 0 spiro atoms. The highest BCUT2D eigenvalue weighted by Gasteiger charge is 2.52. The SMILES string of the molecule is O=C1N=C(N2CCCC2C(=O)O)SC1=Cc1cccc(-c2cc(F)c(O)c(C34CC5CC(CC(C5)C3)C4)c2)c1. The fourth-order valence-corrected chi connectivity index (χ4v) is 9.33. The molecule has 8 heteroatoms. The highest BCUT2D eigenvalue weighted by molar-refractivity contribution is 8.18. The van der Waals surface area contributed by atoms with Crippen LogP contribution in [0.5, 0.6) is 5.75 Å². The molecule has 1 atom stereocenters. The van der Waals surface area contributed by atoms with Gasteiger partial charge in [-0.05, 0) is 127 Å². The summed E-state index contributed by atoms with van der Waals surface area (Å²) in [4.78, 5) is 30.6. The number of halogens is 1. The van der Waals surface area contributed by atoms with Crippen molar-refractivity contribution in [3.8, 4) is 16.9 Å². The lowest BCUT2D eigenvalue weighted by Crippen LogP contribution is -2.48. The van der Waals surface area contributed by atoms with Gasteiger partial charge in [0.2, 0.25) is 0 Å². The number of carboxylic acids is 1. The number of rotatable bonds is 4. The highest BCUT2D eigenvalue weighted by Crippen LogP contribution is 2.62. The van der Waals surface area contributed by atoms with E-state index < -0.39 is 17.8 Å². The summed E-state index contributed by atoms with van der Waals surface area (Å²) in [6.45, 7) is 0.567. The van der Waals surface area contributed by atoms with Crippen molar-refractivity contribution in [2.45, 2.75) is 62.8 Å². The van der Waals surface area contributed by atoms with E-state index >= 15 is 4.39 Å². The molecule has 8 rings (SSSR count). The largest absolute Gasteiger partial charge is 0.505 e. The number of carbonyl (C=O) groups is 2. The van der Waals surface area contributed by atoms with Gasteiger partial charge in [0.15, 0.2) is 16.7 Å². The van der Waals surface area contributed by atoms with E-state index in [0.717, 1.165) is 47.9 Å². The van der Waals surface area contributed by atoms with E-state index in [-0.39, 0.29) is 17.1 Å². The van der Waals surface area contributed by atoms with Crippen molar-refractivity contribution in [3.63, 3.8) is 0 Å². The molecule has 6 aliphatic rings. The first-order valence-corrected chi connectivity index (χ1v) is 14.7. The molecule has 1 unspecified atom stereocenters. The molecule has 4 aliphatic carbocycles. The second-order valence-electron chi connectivity index (χ2n) is 12.2. The Kier molecular flexibility index (Phi) is 5.88. The number of amidine groups is 1. The van der Waals surface area contributed by atoms with Crippen LogP contribution < -0.4 is 0 Å². The molecule has 1 saturated heterocycles. The summed E-state index contributed by atoms with van der Waals surface area (Å²) in [5.41, 5.74) is 2.94. The van der Waals surface area contributed by atoms with E-state index in [0.29, 0.717) is 40.8 Å². The number of aromatic hydroxyl groups is 1. The van der Waals surface area contributed by atoms with Gasteiger partial charge < -0.3 is 15.1 Å². The van der Waals surface area contributed by atoms with Crippen LogP contribution in [0.2, 0.25) is 0 Å². The third-order valence-electron chi connectivity index (χ3n) is 9.58. The van der Waals surface area contributed by atoms with Crippen LogP contribution in [0.25, 0.3) is 17.2 Å². The zero-order valence-corrected chi connectivity index (χ0v) is 22.4. The number of hydrogen-bond acceptors (Lipinski definition) is 5. The minimum Gasteiger partial charge on any atom is -0.505 e. The molecule has 6 nitrogen and oxygen atoms in total. The summed E-state index contributed by atoms with van der Waals surface area (Å²) >= 11 is 1.20. The molecule has 2 N–H and O–H groups in total. The van der Waals surface area contributed by atoms with Crippen molar-refractivity contribution in [2.24, 2.45) is 22.7 Å². The topological polar surface area (TPSA) is 90.2 Å². The third-order valence-corrected chi connectivity index (χ3v) is 10.6. The van der Waals surface area contributed by atoms with Crippen molar-refractivity contribution in [3.05, 3.63) is 58.2 Å². The highest BCUT2D eigenvalue weighted by atomic mass is 32.2. The van der Waals surface area contributed by atoms with Gasteiger partial charge in [0.05, 0.1) is 4.91 Å². The van der Waals surface area contributed by atoms with Crippen molar-refractivity contribution in [1.29, 1.82) is 0 Å². The zero-order valence-electron chi connectivity index (χ0n) is 21.6. The molecule has 0 radical (unpaired) electrons. The number of carbonyl (C=O) groups excluding carboxylic acids is 1. The molecular formula is C31H31FN2O4S. The van der Waals surface area contributed by atoms with Gasteiger partial charge in [0.1, 0.15) is 6.04 Å². The number of phenolic OH excluding ortho intramolecular Hbond substituents is 1. The minimum absolute atomic E-state index is 0.140. The first kappa shape index (κ1) is 24.9. The van der Waals surface area contributed by atoms with Crippen LogP contribution in [0.4, 0.5) is 4.39 Å². The fourth-order valence-electron chi connectivity index (χ4n) is 8.34. The van der Waals surface area contributed by atoms with Crippen LogP contribution in [0.15, 0.2) is 46.3 Å². The lowest BCUT2D eigenvalue weighted by molar-refractivity contribution is -0.140. The Bertz CT molecular complexity index is 1410. The van der Waals surface area contributed by atoms with Crippen LogP contribution in [0.1, 0.15) is 62.5 Å². The number of aliphatic carboxylic acids is 1. The Morgan fingerprint density at radius 1 is 1.08 bits per heavy atom. The van der Waals surface area contributed by atoms with Crippen LogP contribution in [0.3, 0.4) is 0 Å². The summed E-state index contributed by atoms with van der Waals surface area (Å²) in [5.74, 6) is -0.0244. The van der Waals surface area contributed by atoms with Crippen molar-refractivity contribution >= 4 is 34.9 Å². The molecule has 2 heterocycles. The number of amides is 1. The second-order valence-corrected chi connectivity index (χ2v) is 13.2. The normalized spacial score (nSPS) is 32.3. The second kappa shape index (κ2) is 9.22. The molecule has 2 aromatic rings. The Morgan fingerprint density at radius 2 is 1.79 bits per heavy atom. The molecule has 5 fully saturated rings. The first-order valence-electron chi connectivity index (χ1n) is 13.9. The summed E-state index contributed by atoms with van der Waals surface area (Å²) in [7, 11) is 0. The smallest absolute Gasteiger partial charge is 0.326 e.